The maximum absolute atomic E-state index is 13.3. The van der Waals surface area contributed by atoms with Gasteiger partial charge in [-0.3, -0.25) is 0 Å². The lowest BCUT2D eigenvalue weighted by atomic mass is 10.2. The van der Waals surface area contributed by atoms with Crippen LogP contribution in [0.4, 0.5) is 27.6 Å². The van der Waals surface area contributed by atoms with Crippen molar-refractivity contribution < 1.29 is 26.7 Å². The van der Waals surface area contributed by atoms with Crippen molar-refractivity contribution in [3.8, 4) is 0 Å². The number of hydrogen-bond acceptors (Lipinski definition) is 2. The number of nitrogens with one attached hydrogen (secondary N) is 1. The maximum Gasteiger partial charge on any atom is 0.200 e. The van der Waals surface area contributed by atoms with Crippen molar-refractivity contribution >= 4 is 5.69 Å². The highest BCUT2D eigenvalue weighted by atomic mass is 19.2. The molecule has 1 N–H and O–H groups in total. The number of anilines is 1. The third kappa shape index (κ3) is 4.06. The minimum absolute atomic E-state index is 0.0381. The second-order valence-electron chi connectivity index (χ2n) is 4.69. The van der Waals surface area contributed by atoms with Crippen LogP contribution in [0.15, 0.2) is 0 Å². The molecule has 1 aromatic rings. The van der Waals surface area contributed by atoms with Crippen molar-refractivity contribution in [2.24, 2.45) is 5.92 Å². The Kier molecular flexibility index (Phi) is 6.19. The summed E-state index contributed by atoms with van der Waals surface area (Å²) in [6, 6.07) is 0. The predicted octanol–water partition coefficient (Wildman–Crippen LogP) is 3.86. The standard InChI is InChI=1S/C13H16F5NO/c1-7(2)6-20-5-3-4-19-13-11(17)9(15)8(14)10(16)12(13)18/h7,19H,3-6H2,1-2H3. The third-order valence-electron chi connectivity index (χ3n) is 2.43. The molecule has 0 amide bonds. The van der Waals surface area contributed by atoms with Crippen molar-refractivity contribution in [1.82, 2.24) is 0 Å². The molecule has 0 saturated carbocycles. The van der Waals surface area contributed by atoms with Crippen LogP contribution in [-0.2, 0) is 4.74 Å². The largest absolute Gasteiger partial charge is 0.381 e. The van der Waals surface area contributed by atoms with Crippen LogP contribution in [0.3, 0.4) is 0 Å². The van der Waals surface area contributed by atoms with Gasteiger partial charge in [0.1, 0.15) is 5.69 Å². The van der Waals surface area contributed by atoms with Gasteiger partial charge in [0.05, 0.1) is 0 Å². The highest BCUT2D eigenvalue weighted by Gasteiger charge is 2.25. The Labute approximate surface area is 113 Å². The second kappa shape index (κ2) is 7.42. The van der Waals surface area contributed by atoms with Gasteiger partial charge in [0, 0.05) is 19.8 Å². The number of halogens is 5. The van der Waals surface area contributed by atoms with Crippen LogP contribution < -0.4 is 5.32 Å². The Morgan fingerprint density at radius 1 is 0.900 bits per heavy atom. The molecule has 1 aromatic carbocycles. The van der Waals surface area contributed by atoms with Gasteiger partial charge in [-0.1, -0.05) is 13.8 Å². The molecule has 0 bridgehead atoms. The first-order valence-corrected chi connectivity index (χ1v) is 6.19. The Balaban J connectivity index is 2.57. The van der Waals surface area contributed by atoms with Gasteiger partial charge in [0.2, 0.25) is 5.82 Å². The number of rotatable bonds is 7. The summed E-state index contributed by atoms with van der Waals surface area (Å²) in [5, 5.41) is 2.20. The van der Waals surface area contributed by atoms with E-state index in [1.807, 2.05) is 13.8 Å². The summed E-state index contributed by atoms with van der Waals surface area (Å²) >= 11 is 0. The summed E-state index contributed by atoms with van der Waals surface area (Å²) in [5.74, 6) is -9.43. The molecule has 20 heavy (non-hydrogen) atoms. The lowest BCUT2D eigenvalue weighted by Gasteiger charge is -2.11. The lowest BCUT2D eigenvalue weighted by Crippen LogP contribution is -2.13. The normalized spacial score (nSPS) is 11.2. The van der Waals surface area contributed by atoms with Gasteiger partial charge in [-0.2, -0.15) is 0 Å². The first-order valence-electron chi connectivity index (χ1n) is 6.19. The van der Waals surface area contributed by atoms with Gasteiger partial charge in [0.15, 0.2) is 23.3 Å². The van der Waals surface area contributed by atoms with Crippen molar-refractivity contribution in [2.75, 3.05) is 25.1 Å². The van der Waals surface area contributed by atoms with Gasteiger partial charge in [-0.05, 0) is 12.3 Å². The molecular weight excluding hydrogens is 281 g/mol. The molecule has 114 valence electrons. The fraction of sp³-hybridized carbons (Fsp3) is 0.538. The van der Waals surface area contributed by atoms with E-state index in [9.17, 15) is 22.0 Å². The topological polar surface area (TPSA) is 21.3 Å². The molecular formula is C13H16F5NO. The molecule has 7 heteroatoms. The second-order valence-corrected chi connectivity index (χ2v) is 4.69. The Bertz CT molecular complexity index is 436. The van der Waals surface area contributed by atoms with Gasteiger partial charge in [-0.25, -0.2) is 22.0 Å². The summed E-state index contributed by atoms with van der Waals surface area (Å²) < 4.78 is 70.3. The van der Waals surface area contributed by atoms with E-state index in [2.05, 4.69) is 5.32 Å². The van der Waals surface area contributed by atoms with E-state index in [4.69, 9.17) is 4.74 Å². The molecule has 0 unspecified atom stereocenters. The Morgan fingerprint density at radius 3 is 1.90 bits per heavy atom. The van der Waals surface area contributed by atoms with E-state index in [1.54, 1.807) is 0 Å². The molecule has 0 aliphatic carbocycles. The predicted molar refractivity (Wildman–Crippen MR) is 65.0 cm³/mol. The monoisotopic (exact) mass is 297 g/mol. The van der Waals surface area contributed by atoms with Gasteiger partial charge in [-0.15, -0.1) is 0 Å². The smallest absolute Gasteiger partial charge is 0.200 e. The van der Waals surface area contributed by atoms with E-state index in [1.165, 1.54) is 0 Å². The fourth-order valence-corrected chi connectivity index (χ4v) is 1.47. The third-order valence-corrected chi connectivity index (χ3v) is 2.43. The zero-order valence-electron chi connectivity index (χ0n) is 11.2. The number of ether oxygens (including phenoxy) is 1. The van der Waals surface area contributed by atoms with Crippen LogP contribution >= 0.6 is 0 Å². The van der Waals surface area contributed by atoms with Gasteiger partial charge >= 0.3 is 0 Å². The van der Waals surface area contributed by atoms with Gasteiger partial charge < -0.3 is 10.1 Å². The van der Waals surface area contributed by atoms with E-state index in [0.29, 0.717) is 25.6 Å². The van der Waals surface area contributed by atoms with Crippen molar-refractivity contribution in [3.05, 3.63) is 29.1 Å². The molecule has 0 aliphatic heterocycles. The zero-order valence-corrected chi connectivity index (χ0v) is 11.2. The van der Waals surface area contributed by atoms with Crippen LogP contribution in [0.2, 0.25) is 0 Å². The molecule has 0 radical (unpaired) electrons. The Morgan fingerprint density at radius 2 is 1.40 bits per heavy atom. The summed E-state index contributed by atoms with van der Waals surface area (Å²) in [5.41, 5.74) is -1.01. The van der Waals surface area contributed by atoms with E-state index < -0.39 is 34.8 Å². The SMILES string of the molecule is CC(C)COCCCNc1c(F)c(F)c(F)c(F)c1F. The molecule has 0 atom stereocenters. The number of benzene rings is 1. The van der Waals surface area contributed by atoms with Gasteiger partial charge in [0.25, 0.3) is 0 Å². The van der Waals surface area contributed by atoms with Crippen LogP contribution in [0, 0.1) is 35.0 Å². The molecule has 0 heterocycles. The first-order chi connectivity index (χ1) is 9.36. The quantitative estimate of drug-likeness (QED) is 0.357. The molecule has 0 aromatic heterocycles. The average molecular weight is 297 g/mol. The zero-order chi connectivity index (χ0) is 15.3. The van der Waals surface area contributed by atoms with E-state index in [0.717, 1.165) is 0 Å². The van der Waals surface area contributed by atoms with Crippen LogP contribution in [0.25, 0.3) is 0 Å². The summed E-state index contributed by atoms with van der Waals surface area (Å²) in [7, 11) is 0. The molecule has 2 nitrogen and oxygen atoms in total. The average Bonchev–Trinajstić information content (AvgIpc) is 2.41. The molecule has 0 saturated heterocycles. The molecule has 0 aliphatic rings. The number of hydrogen-bond donors (Lipinski definition) is 1. The minimum Gasteiger partial charge on any atom is -0.381 e. The van der Waals surface area contributed by atoms with Crippen LogP contribution in [0.5, 0.6) is 0 Å². The Hall–Kier alpha value is -1.37. The van der Waals surface area contributed by atoms with Crippen molar-refractivity contribution in [1.29, 1.82) is 0 Å². The van der Waals surface area contributed by atoms with Crippen molar-refractivity contribution in [3.63, 3.8) is 0 Å². The van der Waals surface area contributed by atoms with Crippen LogP contribution in [-0.4, -0.2) is 19.8 Å². The summed E-state index contributed by atoms with van der Waals surface area (Å²) in [4.78, 5) is 0. The maximum atomic E-state index is 13.3. The summed E-state index contributed by atoms with van der Waals surface area (Å²) in [6.45, 7) is 4.85. The van der Waals surface area contributed by atoms with E-state index in [-0.39, 0.29) is 6.54 Å². The van der Waals surface area contributed by atoms with E-state index >= 15 is 0 Å². The molecule has 1 rings (SSSR count). The van der Waals surface area contributed by atoms with Crippen LogP contribution in [0.1, 0.15) is 20.3 Å². The highest BCUT2D eigenvalue weighted by Crippen LogP contribution is 2.26. The lowest BCUT2D eigenvalue weighted by molar-refractivity contribution is 0.110. The molecule has 0 spiro atoms. The molecule has 0 fully saturated rings. The summed E-state index contributed by atoms with van der Waals surface area (Å²) in [6.07, 6.45) is 0.381. The minimum atomic E-state index is -2.16. The van der Waals surface area contributed by atoms with Crippen molar-refractivity contribution in [2.45, 2.75) is 20.3 Å². The fourth-order valence-electron chi connectivity index (χ4n) is 1.47. The highest BCUT2D eigenvalue weighted by molar-refractivity contribution is 5.47. The first kappa shape index (κ1) is 16.7.